The van der Waals surface area contributed by atoms with E-state index in [1.807, 2.05) is 0 Å². The van der Waals surface area contributed by atoms with Gasteiger partial charge in [0.15, 0.2) is 12.6 Å². The van der Waals surface area contributed by atoms with Crippen molar-refractivity contribution in [3.63, 3.8) is 0 Å². The number of hydrogen-bond donors (Lipinski definition) is 2. The minimum absolute atomic E-state index is 0.215. The third-order valence-corrected chi connectivity index (χ3v) is 3.50. The number of hydrogen-bond acceptors (Lipinski definition) is 4. The number of nitrogens with two attached hydrogens (primary N) is 1. The number of carbonyl (C=O) groups excluding carboxylic acids is 1. The van der Waals surface area contributed by atoms with Crippen molar-refractivity contribution in [2.45, 2.75) is 6.04 Å². The van der Waals surface area contributed by atoms with E-state index in [-0.39, 0.29) is 6.61 Å². The van der Waals surface area contributed by atoms with Gasteiger partial charge in [0.25, 0.3) is 5.91 Å². The minimum Gasteiger partial charge on any atom is -0.481 e. The van der Waals surface area contributed by atoms with Crippen molar-refractivity contribution in [2.75, 3.05) is 17.2 Å². The largest absolute Gasteiger partial charge is 0.481 e. The second-order valence-electron chi connectivity index (χ2n) is 4.90. The van der Waals surface area contributed by atoms with Crippen molar-refractivity contribution in [1.82, 2.24) is 0 Å². The minimum atomic E-state index is -1.15. The number of carbonyl (C=O) groups is 2. The van der Waals surface area contributed by atoms with Crippen LogP contribution in [0.5, 0.6) is 5.75 Å². The first-order valence-electron chi connectivity index (χ1n) is 6.70. The summed E-state index contributed by atoms with van der Waals surface area (Å²) in [5.74, 6) is -1.17. The Kier molecular flexibility index (Phi) is 3.42. The number of carboxylic acids is 1. The number of nitrogens with zero attached hydrogens (tertiary/aromatic N) is 1. The Morgan fingerprint density at radius 2 is 1.91 bits per heavy atom. The predicted octanol–water partition coefficient (Wildman–Crippen LogP) is 1.82. The summed E-state index contributed by atoms with van der Waals surface area (Å²) >= 11 is 0. The fraction of sp³-hybridized carbons (Fsp3) is 0.125. The van der Waals surface area contributed by atoms with Gasteiger partial charge in [-0.3, -0.25) is 9.69 Å². The van der Waals surface area contributed by atoms with Crippen LogP contribution in [0, 0.1) is 0 Å². The maximum Gasteiger partial charge on any atom is 0.331 e. The molecule has 0 aliphatic carbocycles. The molecule has 6 nitrogen and oxygen atoms in total. The number of para-hydroxylation sites is 1. The van der Waals surface area contributed by atoms with Gasteiger partial charge in [-0.15, -0.1) is 0 Å². The zero-order chi connectivity index (χ0) is 15.7. The van der Waals surface area contributed by atoms with Crippen LogP contribution < -0.4 is 15.4 Å². The highest BCUT2D eigenvalue weighted by Crippen LogP contribution is 2.41. The third kappa shape index (κ3) is 2.24. The van der Waals surface area contributed by atoms with Crippen LogP contribution in [0.1, 0.15) is 11.6 Å². The van der Waals surface area contributed by atoms with Gasteiger partial charge in [0.2, 0.25) is 0 Å². The zero-order valence-electron chi connectivity index (χ0n) is 11.6. The van der Waals surface area contributed by atoms with E-state index in [1.54, 1.807) is 48.5 Å². The fourth-order valence-electron chi connectivity index (χ4n) is 2.56. The molecule has 1 aliphatic rings. The standard InChI is InChI=1S/C16H14N2O4/c17-11-7-4-8-12-15(11)18(13(19)9-22-12)14(16(20)21)10-5-2-1-3-6-10/h1-8,14H,9,17H2,(H,20,21). The molecule has 0 fully saturated rings. The predicted molar refractivity (Wildman–Crippen MR) is 80.7 cm³/mol. The molecule has 3 rings (SSSR count). The molecule has 1 heterocycles. The topological polar surface area (TPSA) is 92.9 Å². The molecule has 0 saturated carbocycles. The first kappa shape index (κ1) is 13.9. The van der Waals surface area contributed by atoms with Crippen LogP contribution in [0.4, 0.5) is 11.4 Å². The number of fused-ring (bicyclic) bond motifs is 1. The number of nitrogen functional groups attached to an aromatic ring is 1. The fourth-order valence-corrected chi connectivity index (χ4v) is 2.56. The second-order valence-corrected chi connectivity index (χ2v) is 4.90. The van der Waals surface area contributed by atoms with Gasteiger partial charge in [0.05, 0.1) is 5.69 Å². The maximum atomic E-state index is 12.3. The van der Waals surface area contributed by atoms with Gasteiger partial charge in [0, 0.05) is 0 Å². The summed E-state index contributed by atoms with van der Waals surface area (Å²) in [7, 11) is 0. The maximum absolute atomic E-state index is 12.3. The molecule has 112 valence electrons. The summed E-state index contributed by atoms with van der Waals surface area (Å²) in [6.07, 6.45) is 0. The van der Waals surface area contributed by atoms with E-state index in [4.69, 9.17) is 10.5 Å². The SMILES string of the molecule is Nc1cccc2c1N(C(C(=O)O)c1ccccc1)C(=O)CO2. The normalized spacial score (nSPS) is 14.9. The molecule has 1 aliphatic heterocycles. The lowest BCUT2D eigenvalue weighted by atomic mass is 10.0. The van der Waals surface area contributed by atoms with Crippen molar-refractivity contribution in [3.05, 3.63) is 54.1 Å². The molecule has 0 radical (unpaired) electrons. The van der Waals surface area contributed by atoms with E-state index < -0.39 is 17.9 Å². The number of ether oxygens (including phenoxy) is 1. The molecular weight excluding hydrogens is 284 g/mol. The van der Waals surface area contributed by atoms with Crippen LogP contribution in [0.3, 0.4) is 0 Å². The van der Waals surface area contributed by atoms with Crippen molar-refractivity contribution in [3.8, 4) is 5.75 Å². The molecule has 3 N–H and O–H groups in total. The van der Waals surface area contributed by atoms with Crippen molar-refractivity contribution >= 4 is 23.3 Å². The summed E-state index contributed by atoms with van der Waals surface area (Å²) in [5.41, 5.74) is 7.04. The lowest BCUT2D eigenvalue weighted by Crippen LogP contribution is -2.44. The number of amides is 1. The van der Waals surface area contributed by atoms with Gasteiger partial charge in [-0.25, -0.2) is 4.79 Å². The van der Waals surface area contributed by atoms with Crippen LogP contribution >= 0.6 is 0 Å². The van der Waals surface area contributed by atoms with Gasteiger partial charge in [-0.1, -0.05) is 36.4 Å². The monoisotopic (exact) mass is 298 g/mol. The van der Waals surface area contributed by atoms with Gasteiger partial charge in [-0.2, -0.15) is 0 Å². The van der Waals surface area contributed by atoms with Crippen LogP contribution in [0.15, 0.2) is 48.5 Å². The van der Waals surface area contributed by atoms with E-state index in [1.165, 1.54) is 4.90 Å². The highest BCUT2D eigenvalue weighted by atomic mass is 16.5. The molecule has 1 atom stereocenters. The van der Waals surface area contributed by atoms with Gasteiger partial charge < -0.3 is 15.6 Å². The summed E-state index contributed by atoms with van der Waals surface area (Å²) in [6, 6.07) is 12.4. The second kappa shape index (κ2) is 5.40. The molecule has 2 aromatic carbocycles. The Morgan fingerprint density at radius 1 is 1.18 bits per heavy atom. The van der Waals surface area contributed by atoms with Gasteiger partial charge in [0.1, 0.15) is 11.4 Å². The zero-order valence-corrected chi connectivity index (χ0v) is 11.6. The van der Waals surface area contributed by atoms with Crippen molar-refractivity contribution < 1.29 is 19.4 Å². The Labute approximate surface area is 126 Å². The first-order chi connectivity index (χ1) is 10.6. The molecule has 0 saturated heterocycles. The van der Waals surface area contributed by atoms with E-state index >= 15 is 0 Å². The lowest BCUT2D eigenvalue weighted by Gasteiger charge is -2.34. The molecule has 1 unspecified atom stereocenters. The first-order valence-corrected chi connectivity index (χ1v) is 6.70. The summed E-state index contributed by atoms with van der Waals surface area (Å²) in [5, 5.41) is 9.64. The Balaban J connectivity index is 2.17. The molecule has 2 aromatic rings. The molecule has 0 bridgehead atoms. The highest BCUT2D eigenvalue weighted by molar-refractivity contribution is 6.05. The Bertz CT molecular complexity index is 730. The highest BCUT2D eigenvalue weighted by Gasteiger charge is 2.38. The molecule has 0 aromatic heterocycles. The summed E-state index contributed by atoms with van der Waals surface area (Å²) < 4.78 is 5.35. The van der Waals surface area contributed by atoms with Crippen LogP contribution in [0.25, 0.3) is 0 Å². The third-order valence-electron chi connectivity index (χ3n) is 3.50. The molecule has 6 heteroatoms. The van der Waals surface area contributed by atoms with E-state index in [0.29, 0.717) is 22.7 Å². The summed E-state index contributed by atoms with van der Waals surface area (Å²) in [4.78, 5) is 25.3. The number of carboxylic acid groups (broad SMARTS) is 1. The average Bonchev–Trinajstić information content (AvgIpc) is 2.51. The van der Waals surface area contributed by atoms with Crippen LogP contribution in [-0.2, 0) is 9.59 Å². The van der Waals surface area contributed by atoms with Crippen molar-refractivity contribution in [1.29, 1.82) is 0 Å². The van der Waals surface area contributed by atoms with E-state index in [2.05, 4.69) is 0 Å². The van der Waals surface area contributed by atoms with Crippen LogP contribution in [0.2, 0.25) is 0 Å². The number of benzene rings is 2. The van der Waals surface area contributed by atoms with Gasteiger partial charge in [-0.05, 0) is 17.7 Å². The summed E-state index contributed by atoms with van der Waals surface area (Å²) in [6.45, 7) is -0.215. The van der Waals surface area contributed by atoms with E-state index in [0.717, 1.165) is 0 Å². The average molecular weight is 298 g/mol. The Hall–Kier alpha value is -3.02. The van der Waals surface area contributed by atoms with Gasteiger partial charge >= 0.3 is 5.97 Å². The van der Waals surface area contributed by atoms with E-state index in [9.17, 15) is 14.7 Å². The lowest BCUT2D eigenvalue weighted by molar-refractivity contribution is -0.140. The Morgan fingerprint density at radius 3 is 2.59 bits per heavy atom. The quantitative estimate of drug-likeness (QED) is 0.843. The molecule has 0 spiro atoms. The van der Waals surface area contributed by atoms with Crippen molar-refractivity contribution in [2.24, 2.45) is 0 Å². The molecule has 22 heavy (non-hydrogen) atoms. The molecule has 1 amide bonds. The number of anilines is 2. The smallest absolute Gasteiger partial charge is 0.331 e. The number of rotatable bonds is 3. The molecular formula is C16H14N2O4. The number of aliphatic carboxylic acids is 1. The van der Waals surface area contributed by atoms with Crippen LogP contribution in [-0.4, -0.2) is 23.6 Å².